The fourth-order valence-corrected chi connectivity index (χ4v) is 5.60. The Balaban J connectivity index is 0.00000324. The molecule has 0 spiro atoms. The maximum Gasteiger partial charge on any atom is 0.255 e. The van der Waals surface area contributed by atoms with E-state index in [-0.39, 0.29) is 48.9 Å². The van der Waals surface area contributed by atoms with Gasteiger partial charge in [-0.1, -0.05) is 12.1 Å². The van der Waals surface area contributed by atoms with Gasteiger partial charge in [0.05, 0.1) is 40.7 Å². The zero-order valence-electron chi connectivity index (χ0n) is 18.7. The second-order valence-corrected chi connectivity index (χ2v) is 9.06. The zero-order valence-corrected chi connectivity index (χ0v) is 20.9. The predicted octanol–water partition coefficient (Wildman–Crippen LogP) is -1.78. The summed E-state index contributed by atoms with van der Waals surface area (Å²) in [7, 11) is 2.80. The van der Waals surface area contributed by atoms with Gasteiger partial charge in [0, 0.05) is 37.7 Å². The quantitative estimate of drug-likeness (QED) is 0.180. The molecule has 0 heterocycles. The molecule has 178 valence electrons. The number of amides is 1. The fraction of sp³-hybridized carbons (Fsp3) is 0.409. The van der Waals surface area contributed by atoms with Crippen LogP contribution in [0.15, 0.2) is 35.1 Å². The summed E-state index contributed by atoms with van der Waals surface area (Å²) in [6.07, 6.45) is -1.87. The van der Waals surface area contributed by atoms with E-state index in [0.717, 1.165) is 0 Å². The number of rotatable bonds is 2. The Kier molecular flexibility index (Phi) is 6.50. The molecule has 0 aromatic heterocycles. The van der Waals surface area contributed by atoms with Crippen molar-refractivity contribution in [2.45, 2.75) is 30.3 Å². The van der Waals surface area contributed by atoms with Crippen LogP contribution < -0.4 is 5.73 Å². The second kappa shape index (κ2) is 8.30. The van der Waals surface area contributed by atoms with Gasteiger partial charge in [-0.15, -0.1) is 0 Å². The summed E-state index contributed by atoms with van der Waals surface area (Å²) in [5.41, 5.74) is -1.78. The molecule has 2 radical (unpaired) electrons. The third-order valence-corrected chi connectivity index (χ3v) is 7.03. The Hall–Kier alpha value is -1.99. The molecule has 1 saturated carbocycles. The van der Waals surface area contributed by atoms with Crippen LogP contribution in [0.2, 0.25) is 0 Å². The molecule has 0 bridgehead atoms. The van der Waals surface area contributed by atoms with Crippen molar-refractivity contribution >= 4 is 61.0 Å². The number of hydrogen-bond donors (Lipinski definition) is 7. The van der Waals surface area contributed by atoms with Crippen LogP contribution in [0.4, 0.5) is 0 Å². The van der Waals surface area contributed by atoms with E-state index in [1.165, 1.54) is 44.1 Å². The first-order chi connectivity index (χ1) is 15.2. The van der Waals surface area contributed by atoms with Crippen LogP contribution in [-0.2, 0) is 20.0 Å². The molecule has 34 heavy (non-hydrogen) atoms. The number of nitrogens with two attached hydrogens (primary N) is 1. The molecule has 4 rings (SSSR count). The first kappa shape index (κ1) is 26.6. The van der Waals surface area contributed by atoms with Crippen molar-refractivity contribution < 1.29 is 45.0 Å². The smallest absolute Gasteiger partial charge is 0.255 e. The van der Waals surface area contributed by atoms with Gasteiger partial charge in [0.2, 0.25) is 5.78 Å². The largest absolute Gasteiger partial charge is 0.508 e. The van der Waals surface area contributed by atoms with Crippen LogP contribution in [0.25, 0.3) is 5.76 Å². The Bertz CT molecular complexity index is 1190. The van der Waals surface area contributed by atoms with Crippen LogP contribution in [0.1, 0.15) is 18.1 Å². The average molecular weight is 501 g/mol. The molecule has 3 aliphatic carbocycles. The standard InChI is InChI=1S/C22H24N2O9.Ca/c1-21(32)7-5-4-6-8(25)9(7)15(26)10-12(21)17(28)13-14(24(2)3)16(27)11(20(23)31)19(30)22(13,33)18(10)29;/h4-6,12-14,17,25-26,28,30,32-33H,1-3H3,(H2,23,31);/t12-,13-,14+,17+,21-,22+;/m0./s1. The minimum atomic E-state index is -3.02. The molecular weight excluding hydrogens is 476 g/mol. The number of aliphatic hydroxyl groups excluding tert-OH is 3. The van der Waals surface area contributed by atoms with Crippen molar-refractivity contribution in [3.63, 3.8) is 0 Å². The molecule has 11 nitrogen and oxygen atoms in total. The number of primary amides is 1. The normalized spacial score (nSPS) is 34.9. The van der Waals surface area contributed by atoms with Crippen LogP contribution >= 0.6 is 0 Å². The van der Waals surface area contributed by atoms with Gasteiger partial charge in [-0.05, 0) is 32.6 Å². The summed E-state index contributed by atoms with van der Waals surface area (Å²) in [4.78, 5) is 39.9. The number of likely N-dealkylation sites (N-methyl/N-ethyl adjacent to an activating group) is 1. The van der Waals surface area contributed by atoms with E-state index in [2.05, 4.69) is 0 Å². The zero-order chi connectivity index (χ0) is 24.8. The van der Waals surface area contributed by atoms with Crippen molar-refractivity contribution in [2.24, 2.45) is 17.6 Å². The third-order valence-electron chi connectivity index (χ3n) is 7.03. The minimum absolute atomic E-state index is 0. The van der Waals surface area contributed by atoms with Gasteiger partial charge in [0.25, 0.3) is 5.91 Å². The Morgan fingerprint density at radius 3 is 2.24 bits per heavy atom. The number of ketones is 2. The average Bonchev–Trinajstić information content (AvgIpc) is 2.70. The van der Waals surface area contributed by atoms with Crippen molar-refractivity contribution in [1.29, 1.82) is 0 Å². The summed E-state index contributed by atoms with van der Waals surface area (Å²) in [5, 5.41) is 66.3. The van der Waals surface area contributed by atoms with Gasteiger partial charge >= 0.3 is 0 Å². The topological polar surface area (TPSA) is 202 Å². The van der Waals surface area contributed by atoms with Crippen molar-refractivity contribution in [3.8, 4) is 5.75 Å². The molecule has 6 atom stereocenters. The molecule has 3 aliphatic rings. The van der Waals surface area contributed by atoms with Gasteiger partial charge in [0.1, 0.15) is 22.8 Å². The number of aliphatic hydroxyl groups is 5. The first-order valence-electron chi connectivity index (χ1n) is 10.1. The number of nitrogens with zero attached hydrogens (tertiary/aromatic N) is 1. The molecule has 0 aliphatic heterocycles. The van der Waals surface area contributed by atoms with E-state index in [4.69, 9.17) is 5.73 Å². The summed E-state index contributed by atoms with van der Waals surface area (Å²) in [6.45, 7) is 1.25. The first-order valence-corrected chi connectivity index (χ1v) is 10.1. The Morgan fingerprint density at radius 2 is 1.71 bits per heavy atom. The number of phenolic OH excluding ortho intramolecular Hbond substituents is 1. The number of Topliss-reactive ketones (excluding diaryl/α,β-unsaturated/α-hetero) is 2. The Labute approximate surface area is 223 Å². The number of aromatic hydroxyl groups is 1. The molecule has 1 fully saturated rings. The summed E-state index contributed by atoms with van der Waals surface area (Å²) < 4.78 is 0. The summed E-state index contributed by atoms with van der Waals surface area (Å²) in [6, 6.07) is 2.50. The molecular formula is C22H24CaN2O9. The molecule has 0 unspecified atom stereocenters. The van der Waals surface area contributed by atoms with E-state index in [9.17, 15) is 45.0 Å². The van der Waals surface area contributed by atoms with E-state index >= 15 is 0 Å². The van der Waals surface area contributed by atoms with Crippen LogP contribution in [0.5, 0.6) is 5.75 Å². The van der Waals surface area contributed by atoms with Crippen molar-refractivity contribution in [2.75, 3.05) is 14.1 Å². The van der Waals surface area contributed by atoms with Crippen LogP contribution in [0.3, 0.4) is 0 Å². The number of fused-ring (bicyclic) bond motifs is 3. The van der Waals surface area contributed by atoms with Crippen molar-refractivity contribution in [1.82, 2.24) is 4.90 Å². The van der Waals surface area contributed by atoms with Gasteiger partial charge in [-0.2, -0.15) is 0 Å². The fourth-order valence-electron chi connectivity index (χ4n) is 5.60. The molecule has 1 aromatic rings. The van der Waals surface area contributed by atoms with Gasteiger partial charge in [0.15, 0.2) is 11.4 Å². The van der Waals surface area contributed by atoms with Crippen molar-refractivity contribution in [3.05, 3.63) is 46.2 Å². The maximum absolute atomic E-state index is 13.7. The number of benzene rings is 1. The Morgan fingerprint density at radius 1 is 1.12 bits per heavy atom. The monoisotopic (exact) mass is 500 g/mol. The SMILES string of the molecule is CN(C)[C@H]1C(=O)C(C(N)=O)=C(O)[C@]2(O)C(=O)C3=C(O)c4c(O)cccc4[C@](C)(O)[C@@H]3[C@@H](O)[C@H]12.[Ca]. The molecule has 1 amide bonds. The maximum atomic E-state index is 13.7. The van der Waals surface area contributed by atoms with Crippen LogP contribution in [0, 0.1) is 11.8 Å². The molecule has 0 saturated heterocycles. The number of phenols is 1. The predicted molar refractivity (Wildman–Crippen MR) is 117 cm³/mol. The van der Waals surface area contributed by atoms with E-state index < -0.39 is 81.1 Å². The second-order valence-electron chi connectivity index (χ2n) is 9.06. The van der Waals surface area contributed by atoms with Gasteiger partial charge in [-0.3, -0.25) is 19.3 Å². The summed E-state index contributed by atoms with van der Waals surface area (Å²) >= 11 is 0. The number of carbonyl (C=O) groups is 3. The number of hydrogen-bond acceptors (Lipinski definition) is 10. The van der Waals surface area contributed by atoms with E-state index in [1.807, 2.05) is 0 Å². The molecule has 1 aromatic carbocycles. The molecule has 12 heteroatoms. The van der Waals surface area contributed by atoms with E-state index in [0.29, 0.717) is 0 Å². The van der Waals surface area contributed by atoms with Gasteiger partial charge in [-0.25, -0.2) is 0 Å². The molecule has 8 N–H and O–H groups in total. The van der Waals surface area contributed by atoms with Crippen LogP contribution in [-0.4, -0.2) is 123 Å². The van der Waals surface area contributed by atoms with Gasteiger partial charge < -0.3 is 36.4 Å². The summed E-state index contributed by atoms with van der Waals surface area (Å²) in [5.74, 6) is -9.67. The van der Waals surface area contributed by atoms with E-state index in [1.54, 1.807) is 0 Å². The minimum Gasteiger partial charge on any atom is -0.508 e. The third kappa shape index (κ3) is 3.12. The number of carbonyl (C=O) groups excluding carboxylic acids is 3.